The number of ketones is 1. The maximum atomic E-state index is 13.2. The molecular formula is C27H19NO6. The number of Topliss-reactive ketones (excluding diaryl/α,β-unsaturated/α-hetero) is 1. The van der Waals surface area contributed by atoms with E-state index in [0.717, 1.165) is 10.8 Å². The first-order chi connectivity index (χ1) is 16.5. The molecule has 0 saturated carbocycles. The van der Waals surface area contributed by atoms with E-state index in [1.54, 1.807) is 36.4 Å². The van der Waals surface area contributed by atoms with E-state index in [4.69, 9.17) is 9.15 Å². The first kappa shape index (κ1) is 21.2. The number of rotatable bonds is 4. The number of furan rings is 1. The van der Waals surface area contributed by atoms with E-state index in [-0.39, 0.29) is 11.3 Å². The molecule has 5 rings (SSSR count). The van der Waals surface area contributed by atoms with E-state index >= 15 is 0 Å². The van der Waals surface area contributed by atoms with E-state index in [2.05, 4.69) is 0 Å². The van der Waals surface area contributed by atoms with Gasteiger partial charge in [0.25, 0.3) is 11.7 Å². The quantitative estimate of drug-likeness (QED) is 0.205. The van der Waals surface area contributed by atoms with Crippen molar-refractivity contribution in [1.29, 1.82) is 0 Å². The van der Waals surface area contributed by atoms with Crippen LogP contribution in [0.25, 0.3) is 16.5 Å². The summed E-state index contributed by atoms with van der Waals surface area (Å²) >= 11 is 0. The van der Waals surface area contributed by atoms with Gasteiger partial charge >= 0.3 is 5.97 Å². The lowest BCUT2D eigenvalue weighted by atomic mass is 9.97. The number of methoxy groups -OCH3 is 1. The number of amides is 1. The number of carbonyl (C=O) groups is 3. The van der Waals surface area contributed by atoms with Crippen molar-refractivity contribution in [3.8, 4) is 0 Å². The second-order valence-corrected chi connectivity index (χ2v) is 7.78. The highest BCUT2D eigenvalue weighted by atomic mass is 16.5. The number of benzene rings is 3. The normalized spacial score (nSPS) is 17.3. The highest BCUT2D eigenvalue weighted by molar-refractivity contribution is 6.51. The third-order valence-electron chi connectivity index (χ3n) is 5.85. The molecule has 2 heterocycles. The lowest BCUT2D eigenvalue weighted by Gasteiger charge is -2.23. The Labute approximate surface area is 194 Å². The van der Waals surface area contributed by atoms with Crippen LogP contribution in [0.3, 0.4) is 0 Å². The highest BCUT2D eigenvalue weighted by Crippen LogP contribution is 2.42. The van der Waals surface area contributed by atoms with Gasteiger partial charge in [-0.15, -0.1) is 0 Å². The number of carbonyl (C=O) groups excluding carboxylic acids is 3. The summed E-state index contributed by atoms with van der Waals surface area (Å²) in [5, 5.41) is 13.1. The van der Waals surface area contributed by atoms with Crippen molar-refractivity contribution in [2.75, 3.05) is 12.0 Å². The maximum absolute atomic E-state index is 13.2. The molecule has 0 spiro atoms. The summed E-state index contributed by atoms with van der Waals surface area (Å²) in [6.07, 6.45) is 1.44. The van der Waals surface area contributed by atoms with Crippen molar-refractivity contribution in [3.05, 3.63) is 108 Å². The van der Waals surface area contributed by atoms with Crippen LogP contribution < -0.4 is 4.90 Å². The summed E-state index contributed by atoms with van der Waals surface area (Å²) in [5.41, 5.74) is 1.00. The van der Waals surface area contributed by atoms with E-state index in [9.17, 15) is 19.5 Å². The Morgan fingerprint density at radius 1 is 0.912 bits per heavy atom. The van der Waals surface area contributed by atoms with Crippen LogP contribution in [0.2, 0.25) is 0 Å². The van der Waals surface area contributed by atoms with Crippen LogP contribution in [-0.4, -0.2) is 29.9 Å². The molecule has 1 aliphatic heterocycles. The third kappa shape index (κ3) is 3.44. The van der Waals surface area contributed by atoms with Crippen LogP contribution in [0.5, 0.6) is 0 Å². The third-order valence-corrected chi connectivity index (χ3v) is 5.85. The molecule has 1 saturated heterocycles. The summed E-state index contributed by atoms with van der Waals surface area (Å²) in [4.78, 5) is 39.4. The average Bonchev–Trinajstić information content (AvgIpc) is 3.50. The summed E-state index contributed by atoms with van der Waals surface area (Å²) in [6, 6.07) is 21.3. The fourth-order valence-corrected chi connectivity index (χ4v) is 4.18. The molecule has 1 atom stereocenters. The first-order valence-electron chi connectivity index (χ1n) is 10.5. The second-order valence-electron chi connectivity index (χ2n) is 7.78. The van der Waals surface area contributed by atoms with E-state index in [0.29, 0.717) is 22.6 Å². The Balaban J connectivity index is 1.65. The maximum Gasteiger partial charge on any atom is 0.337 e. The molecule has 34 heavy (non-hydrogen) atoms. The number of hydrogen-bond donors (Lipinski definition) is 1. The minimum absolute atomic E-state index is 0.0766. The Hall–Kier alpha value is -4.65. The van der Waals surface area contributed by atoms with E-state index in [1.165, 1.54) is 30.4 Å². The van der Waals surface area contributed by atoms with Gasteiger partial charge in [-0.25, -0.2) is 4.79 Å². The van der Waals surface area contributed by atoms with Gasteiger partial charge in [0, 0.05) is 11.3 Å². The molecule has 7 heteroatoms. The molecule has 7 nitrogen and oxygen atoms in total. The molecule has 1 amide bonds. The number of ether oxygens (including phenoxy) is 1. The molecule has 0 radical (unpaired) electrons. The van der Waals surface area contributed by atoms with Crippen LogP contribution >= 0.6 is 0 Å². The van der Waals surface area contributed by atoms with Gasteiger partial charge in [0.15, 0.2) is 0 Å². The largest absolute Gasteiger partial charge is 0.507 e. The van der Waals surface area contributed by atoms with Crippen LogP contribution in [0.1, 0.15) is 27.7 Å². The van der Waals surface area contributed by atoms with Gasteiger partial charge in [-0.05, 0) is 53.2 Å². The van der Waals surface area contributed by atoms with Gasteiger partial charge in [0.2, 0.25) is 0 Å². The molecule has 1 N–H and O–H groups in total. The van der Waals surface area contributed by atoms with Gasteiger partial charge in [-0.3, -0.25) is 14.5 Å². The minimum Gasteiger partial charge on any atom is -0.507 e. The number of esters is 1. The van der Waals surface area contributed by atoms with Crippen molar-refractivity contribution >= 4 is 39.9 Å². The number of anilines is 1. The molecule has 0 bridgehead atoms. The Kier molecular flexibility index (Phi) is 5.22. The summed E-state index contributed by atoms with van der Waals surface area (Å²) in [6.45, 7) is 0. The standard InChI is InChI=1S/C27H19NO6/c1-33-27(32)17-10-12-20(13-11-17)28-23(21-7-4-14-34-21)22(25(30)26(28)31)24(29)19-9-8-16-5-2-3-6-18(16)15-19/h2-15,23,29H,1H3/b24-22-. The molecule has 168 valence electrons. The zero-order valence-electron chi connectivity index (χ0n) is 18.1. The fourth-order valence-electron chi connectivity index (χ4n) is 4.18. The van der Waals surface area contributed by atoms with Crippen LogP contribution in [0, 0.1) is 0 Å². The molecule has 0 aliphatic carbocycles. The zero-order valence-corrected chi connectivity index (χ0v) is 18.1. The van der Waals surface area contributed by atoms with Crippen LogP contribution in [0.15, 0.2) is 95.1 Å². The molecule has 1 aliphatic rings. The van der Waals surface area contributed by atoms with Crippen molar-refractivity contribution in [1.82, 2.24) is 0 Å². The predicted octanol–water partition coefficient (Wildman–Crippen LogP) is 4.85. The van der Waals surface area contributed by atoms with Gasteiger partial charge in [0.05, 0.1) is 24.5 Å². The van der Waals surface area contributed by atoms with Crippen LogP contribution in [0.4, 0.5) is 5.69 Å². The first-order valence-corrected chi connectivity index (χ1v) is 10.5. The Morgan fingerprint density at radius 3 is 2.29 bits per heavy atom. The summed E-state index contributed by atoms with van der Waals surface area (Å²) in [7, 11) is 1.28. The lowest BCUT2D eigenvalue weighted by Crippen LogP contribution is -2.29. The number of aliphatic hydroxyl groups excluding tert-OH is 1. The number of aliphatic hydroxyl groups is 1. The number of fused-ring (bicyclic) bond motifs is 1. The van der Waals surface area contributed by atoms with E-state index in [1.807, 2.05) is 30.3 Å². The summed E-state index contributed by atoms with van der Waals surface area (Å²) < 4.78 is 10.3. The minimum atomic E-state index is -0.981. The smallest absolute Gasteiger partial charge is 0.337 e. The molecule has 1 aromatic heterocycles. The topological polar surface area (TPSA) is 97.0 Å². The van der Waals surface area contributed by atoms with Crippen molar-refractivity contribution in [2.45, 2.75) is 6.04 Å². The Bertz CT molecular complexity index is 1450. The molecule has 1 fully saturated rings. The van der Waals surface area contributed by atoms with E-state index < -0.39 is 23.7 Å². The van der Waals surface area contributed by atoms with Gasteiger partial charge in [0.1, 0.15) is 17.6 Å². The fraction of sp³-hybridized carbons (Fsp3) is 0.0741. The number of hydrogen-bond acceptors (Lipinski definition) is 6. The molecular weight excluding hydrogens is 434 g/mol. The molecule has 3 aromatic carbocycles. The second kappa shape index (κ2) is 8.37. The van der Waals surface area contributed by atoms with Gasteiger partial charge in [-0.1, -0.05) is 36.4 Å². The highest BCUT2D eigenvalue weighted by Gasteiger charge is 2.48. The lowest BCUT2D eigenvalue weighted by molar-refractivity contribution is -0.132. The molecule has 4 aromatic rings. The van der Waals surface area contributed by atoms with Gasteiger partial charge in [-0.2, -0.15) is 0 Å². The average molecular weight is 453 g/mol. The predicted molar refractivity (Wildman–Crippen MR) is 125 cm³/mol. The number of nitrogens with zero attached hydrogens (tertiary/aromatic N) is 1. The van der Waals surface area contributed by atoms with Crippen molar-refractivity contribution in [2.24, 2.45) is 0 Å². The zero-order chi connectivity index (χ0) is 23.8. The van der Waals surface area contributed by atoms with Crippen molar-refractivity contribution < 1.29 is 28.6 Å². The Morgan fingerprint density at radius 2 is 1.62 bits per heavy atom. The molecule has 1 unspecified atom stereocenters. The van der Waals surface area contributed by atoms with Crippen LogP contribution in [-0.2, 0) is 14.3 Å². The van der Waals surface area contributed by atoms with Gasteiger partial charge < -0.3 is 14.3 Å². The SMILES string of the molecule is COC(=O)c1ccc(N2C(=O)C(=O)/C(=C(\O)c3ccc4ccccc4c3)C2c2ccco2)cc1. The monoisotopic (exact) mass is 453 g/mol. The van der Waals surface area contributed by atoms with Crippen molar-refractivity contribution in [3.63, 3.8) is 0 Å². The summed E-state index contributed by atoms with van der Waals surface area (Å²) in [5.74, 6) is -2.14.